The Morgan fingerprint density at radius 1 is 1.08 bits per heavy atom. The second-order valence-electron chi connectivity index (χ2n) is 5.65. The summed E-state index contributed by atoms with van der Waals surface area (Å²) < 4.78 is 25.6. The van der Waals surface area contributed by atoms with Crippen molar-refractivity contribution in [2.45, 2.75) is 17.9 Å². The number of carbonyl (C=O) groups is 1. The summed E-state index contributed by atoms with van der Waals surface area (Å²) >= 11 is 12.2. The molecule has 0 radical (unpaired) electrons. The first kappa shape index (κ1) is 19.7. The van der Waals surface area contributed by atoms with Crippen LogP contribution in [0, 0.1) is 0 Å². The predicted molar refractivity (Wildman–Crippen MR) is 99.7 cm³/mol. The van der Waals surface area contributed by atoms with Crippen LogP contribution in [0.1, 0.15) is 28.9 Å². The third-order valence-electron chi connectivity index (χ3n) is 3.68. The second kappa shape index (κ2) is 7.74. The van der Waals surface area contributed by atoms with E-state index in [4.69, 9.17) is 23.2 Å². The van der Waals surface area contributed by atoms with Crippen LogP contribution in [0.25, 0.3) is 0 Å². The molecule has 134 valence electrons. The van der Waals surface area contributed by atoms with Gasteiger partial charge in [0.2, 0.25) is 10.0 Å². The summed E-state index contributed by atoms with van der Waals surface area (Å²) in [6.45, 7) is 1.79. The van der Waals surface area contributed by atoms with Gasteiger partial charge in [-0.2, -0.15) is 0 Å². The van der Waals surface area contributed by atoms with Gasteiger partial charge in [-0.1, -0.05) is 41.4 Å². The number of halogens is 2. The van der Waals surface area contributed by atoms with E-state index in [0.717, 1.165) is 9.87 Å². The lowest BCUT2D eigenvalue weighted by Gasteiger charge is -2.17. The molecule has 2 aromatic rings. The van der Waals surface area contributed by atoms with E-state index in [1.165, 1.54) is 32.3 Å². The molecule has 1 atom stereocenters. The van der Waals surface area contributed by atoms with Crippen molar-refractivity contribution in [1.29, 1.82) is 0 Å². The average molecular weight is 401 g/mol. The van der Waals surface area contributed by atoms with E-state index in [9.17, 15) is 13.2 Å². The van der Waals surface area contributed by atoms with E-state index in [-0.39, 0.29) is 21.5 Å². The summed E-state index contributed by atoms with van der Waals surface area (Å²) in [4.78, 5) is 12.6. The van der Waals surface area contributed by atoms with Crippen molar-refractivity contribution in [3.63, 3.8) is 0 Å². The maximum absolute atomic E-state index is 12.6. The van der Waals surface area contributed by atoms with Crippen LogP contribution in [0.15, 0.2) is 47.4 Å². The summed E-state index contributed by atoms with van der Waals surface area (Å²) in [5.74, 6) is -0.478. The molecular formula is C17H18Cl2N2O3S. The maximum Gasteiger partial charge on any atom is 0.253 e. The molecule has 1 N–H and O–H groups in total. The molecule has 25 heavy (non-hydrogen) atoms. The van der Waals surface area contributed by atoms with Crippen LogP contribution in [0.5, 0.6) is 0 Å². The van der Waals surface area contributed by atoms with E-state index in [0.29, 0.717) is 5.02 Å². The summed E-state index contributed by atoms with van der Waals surface area (Å²) in [5, 5.41) is 3.49. The molecule has 2 aromatic carbocycles. The lowest BCUT2D eigenvalue weighted by molar-refractivity contribution is 0.0940. The van der Waals surface area contributed by atoms with Crippen molar-refractivity contribution in [2.24, 2.45) is 0 Å². The molecule has 0 spiro atoms. The van der Waals surface area contributed by atoms with Gasteiger partial charge in [-0.15, -0.1) is 0 Å². The summed E-state index contributed by atoms with van der Waals surface area (Å²) in [6.07, 6.45) is 0. The van der Waals surface area contributed by atoms with Gasteiger partial charge in [-0.25, -0.2) is 12.7 Å². The van der Waals surface area contributed by atoms with Crippen LogP contribution in [0.4, 0.5) is 0 Å². The fourth-order valence-electron chi connectivity index (χ4n) is 2.23. The van der Waals surface area contributed by atoms with Crippen molar-refractivity contribution in [1.82, 2.24) is 9.62 Å². The summed E-state index contributed by atoms with van der Waals surface area (Å²) in [7, 11) is -0.824. The quantitative estimate of drug-likeness (QED) is 0.830. The van der Waals surface area contributed by atoms with Gasteiger partial charge in [0.25, 0.3) is 5.91 Å². The highest BCUT2D eigenvalue weighted by Gasteiger charge is 2.22. The van der Waals surface area contributed by atoms with Crippen LogP contribution in [0.2, 0.25) is 10.0 Å². The van der Waals surface area contributed by atoms with Crippen molar-refractivity contribution in [3.8, 4) is 0 Å². The zero-order chi connectivity index (χ0) is 18.8. The van der Waals surface area contributed by atoms with Gasteiger partial charge in [0.15, 0.2) is 0 Å². The zero-order valence-electron chi connectivity index (χ0n) is 14.0. The molecular weight excluding hydrogens is 383 g/mol. The van der Waals surface area contributed by atoms with E-state index >= 15 is 0 Å². The van der Waals surface area contributed by atoms with Gasteiger partial charge >= 0.3 is 0 Å². The highest BCUT2D eigenvalue weighted by molar-refractivity contribution is 7.89. The largest absolute Gasteiger partial charge is 0.345 e. The van der Waals surface area contributed by atoms with Crippen LogP contribution >= 0.6 is 23.2 Å². The number of nitrogens with zero attached hydrogens (tertiary/aromatic N) is 1. The first-order valence-corrected chi connectivity index (χ1v) is 9.61. The molecule has 0 aliphatic heterocycles. The van der Waals surface area contributed by atoms with Gasteiger partial charge in [-0.05, 0) is 36.8 Å². The molecule has 0 heterocycles. The van der Waals surface area contributed by atoms with Gasteiger partial charge in [0.05, 0.1) is 21.5 Å². The lowest BCUT2D eigenvalue weighted by atomic mass is 10.1. The van der Waals surface area contributed by atoms with Crippen molar-refractivity contribution < 1.29 is 13.2 Å². The number of carbonyl (C=O) groups excluding carboxylic acids is 1. The highest BCUT2D eigenvalue weighted by atomic mass is 35.5. The normalized spacial score (nSPS) is 12.9. The number of nitrogens with one attached hydrogen (secondary N) is 1. The van der Waals surface area contributed by atoms with E-state index < -0.39 is 15.9 Å². The SMILES string of the molecule is CC(NC(=O)c1cc(S(=O)(=O)N(C)C)ccc1Cl)c1ccccc1Cl. The van der Waals surface area contributed by atoms with E-state index in [1.54, 1.807) is 19.1 Å². The van der Waals surface area contributed by atoms with E-state index in [1.807, 2.05) is 12.1 Å². The topological polar surface area (TPSA) is 66.5 Å². The molecule has 2 rings (SSSR count). The molecule has 0 aliphatic rings. The number of sulfonamides is 1. The molecule has 1 unspecified atom stereocenters. The third kappa shape index (κ3) is 4.33. The van der Waals surface area contributed by atoms with Crippen molar-refractivity contribution in [3.05, 3.63) is 63.6 Å². The number of rotatable bonds is 5. The predicted octanol–water partition coefficient (Wildman–Crippen LogP) is 3.73. The molecule has 5 nitrogen and oxygen atoms in total. The Morgan fingerprint density at radius 2 is 1.72 bits per heavy atom. The van der Waals surface area contributed by atoms with Gasteiger partial charge < -0.3 is 5.32 Å². The Labute approximate surface area is 157 Å². The van der Waals surface area contributed by atoms with Crippen LogP contribution in [0.3, 0.4) is 0 Å². The fourth-order valence-corrected chi connectivity index (χ4v) is 3.66. The Hall–Kier alpha value is -1.60. The van der Waals surface area contributed by atoms with Crippen LogP contribution < -0.4 is 5.32 Å². The maximum atomic E-state index is 12.6. The highest BCUT2D eigenvalue weighted by Crippen LogP contribution is 2.25. The Balaban J connectivity index is 2.32. The van der Waals surface area contributed by atoms with Gasteiger partial charge in [0, 0.05) is 19.1 Å². The summed E-state index contributed by atoms with van der Waals surface area (Å²) in [5.41, 5.74) is 0.842. The molecule has 0 fully saturated rings. The van der Waals surface area contributed by atoms with Gasteiger partial charge in [0.1, 0.15) is 0 Å². The molecule has 0 aliphatic carbocycles. The molecule has 0 saturated carbocycles. The standard InChI is InChI=1S/C17H18Cl2N2O3S/c1-11(13-6-4-5-7-15(13)18)20-17(22)14-10-12(8-9-16(14)19)25(23,24)21(2)3/h4-11H,1-3H3,(H,20,22). The first-order valence-electron chi connectivity index (χ1n) is 7.42. The fraction of sp³-hybridized carbons (Fsp3) is 0.235. The minimum Gasteiger partial charge on any atom is -0.345 e. The molecule has 0 bridgehead atoms. The third-order valence-corrected chi connectivity index (χ3v) is 6.17. The van der Waals surface area contributed by atoms with Gasteiger partial charge in [-0.3, -0.25) is 4.79 Å². The number of hydrogen-bond donors (Lipinski definition) is 1. The molecule has 1 amide bonds. The van der Waals surface area contributed by atoms with Crippen molar-refractivity contribution in [2.75, 3.05) is 14.1 Å². The summed E-state index contributed by atoms with van der Waals surface area (Å²) in [6, 6.07) is 10.8. The Morgan fingerprint density at radius 3 is 2.32 bits per heavy atom. The lowest BCUT2D eigenvalue weighted by Crippen LogP contribution is -2.28. The van der Waals surface area contributed by atoms with E-state index in [2.05, 4.69) is 5.32 Å². The average Bonchev–Trinajstić information content (AvgIpc) is 2.55. The van der Waals surface area contributed by atoms with Crippen LogP contribution in [-0.4, -0.2) is 32.7 Å². The molecule has 0 saturated heterocycles. The second-order valence-corrected chi connectivity index (χ2v) is 8.61. The Kier molecular flexibility index (Phi) is 6.11. The molecule has 0 aromatic heterocycles. The number of amides is 1. The first-order chi connectivity index (χ1) is 11.6. The Bertz CT molecular complexity index is 899. The minimum atomic E-state index is -3.66. The number of benzene rings is 2. The van der Waals surface area contributed by atoms with Crippen molar-refractivity contribution >= 4 is 39.1 Å². The smallest absolute Gasteiger partial charge is 0.253 e. The molecule has 8 heteroatoms. The zero-order valence-corrected chi connectivity index (χ0v) is 16.3. The monoisotopic (exact) mass is 400 g/mol. The number of hydrogen-bond acceptors (Lipinski definition) is 3. The van der Waals surface area contributed by atoms with Crippen LogP contribution in [-0.2, 0) is 10.0 Å². The minimum absolute atomic E-state index is 0.00236.